The number of benzene rings is 5. The summed E-state index contributed by atoms with van der Waals surface area (Å²) in [4.78, 5) is 20.0. The molecule has 1 aliphatic carbocycles. The molecule has 6 aromatic rings. The summed E-state index contributed by atoms with van der Waals surface area (Å²) in [7, 11) is 0. The molecular formula is C38H27BrN2O2S. The molecule has 214 valence electrons. The molecule has 0 unspecified atom stereocenters. The SMILES string of the molecule is O=c1/c(=C/c2cccc(OCc3cccc4ccccc34)c2)sc2n1[C@@H](c1ccc(Br)cc1)C1=C(N=2)c2ccccc2CC1. The van der Waals surface area contributed by atoms with Crippen LogP contribution in [0.5, 0.6) is 5.75 Å². The van der Waals surface area contributed by atoms with Gasteiger partial charge in [0.15, 0.2) is 4.80 Å². The van der Waals surface area contributed by atoms with Gasteiger partial charge in [0.25, 0.3) is 5.56 Å². The van der Waals surface area contributed by atoms with E-state index in [0.29, 0.717) is 11.1 Å². The average Bonchev–Trinajstić information content (AvgIpc) is 3.37. The molecule has 0 saturated heterocycles. The van der Waals surface area contributed by atoms with Crippen molar-refractivity contribution in [3.05, 3.63) is 173 Å². The predicted octanol–water partition coefficient (Wildman–Crippen LogP) is 7.81. The molecule has 44 heavy (non-hydrogen) atoms. The Kier molecular flexibility index (Phi) is 6.89. The minimum atomic E-state index is -0.194. The van der Waals surface area contributed by atoms with Crippen LogP contribution in [0, 0.1) is 0 Å². The number of thiazole rings is 1. The largest absolute Gasteiger partial charge is 0.489 e. The fourth-order valence-corrected chi connectivity index (χ4v) is 7.66. The van der Waals surface area contributed by atoms with Crippen LogP contribution in [0.25, 0.3) is 22.5 Å². The van der Waals surface area contributed by atoms with Crippen molar-refractivity contribution < 1.29 is 4.74 Å². The van der Waals surface area contributed by atoms with E-state index in [1.165, 1.54) is 38.8 Å². The molecule has 0 radical (unpaired) electrons. The van der Waals surface area contributed by atoms with Crippen LogP contribution in [0.2, 0.25) is 0 Å². The first-order chi connectivity index (χ1) is 21.6. The van der Waals surface area contributed by atoms with Crippen LogP contribution in [0.1, 0.15) is 40.3 Å². The van der Waals surface area contributed by atoms with E-state index >= 15 is 0 Å². The molecule has 0 amide bonds. The fraction of sp³-hybridized carbons (Fsp3) is 0.105. The van der Waals surface area contributed by atoms with E-state index in [2.05, 4.69) is 94.8 Å². The molecule has 0 saturated carbocycles. The van der Waals surface area contributed by atoms with Gasteiger partial charge < -0.3 is 4.74 Å². The summed E-state index contributed by atoms with van der Waals surface area (Å²) in [5.74, 6) is 0.763. The Bertz CT molecular complexity index is 2280. The van der Waals surface area contributed by atoms with Crippen molar-refractivity contribution in [2.45, 2.75) is 25.5 Å². The molecular weight excluding hydrogens is 628 g/mol. The lowest BCUT2D eigenvalue weighted by molar-refractivity contribution is 0.307. The molecule has 5 aromatic carbocycles. The van der Waals surface area contributed by atoms with Gasteiger partial charge in [-0.2, -0.15) is 0 Å². The molecule has 2 aliphatic rings. The van der Waals surface area contributed by atoms with Gasteiger partial charge in [-0.05, 0) is 81.8 Å². The summed E-state index contributed by atoms with van der Waals surface area (Å²) in [6, 6.07) is 39.2. The Hall–Kier alpha value is -4.52. The molecule has 6 heteroatoms. The number of allylic oxidation sites excluding steroid dienone is 1. The van der Waals surface area contributed by atoms with E-state index in [-0.39, 0.29) is 11.6 Å². The highest BCUT2D eigenvalue weighted by Gasteiger charge is 2.32. The predicted molar refractivity (Wildman–Crippen MR) is 182 cm³/mol. The average molecular weight is 656 g/mol. The van der Waals surface area contributed by atoms with Gasteiger partial charge in [-0.3, -0.25) is 9.36 Å². The first-order valence-corrected chi connectivity index (χ1v) is 16.3. The number of hydrogen-bond donors (Lipinski definition) is 0. The van der Waals surface area contributed by atoms with E-state index < -0.39 is 0 Å². The van der Waals surface area contributed by atoms with E-state index in [9.17, 15) is 4.79 Å². The molecule has 0 spiro atoms. The number of hydrogen-bond acceptors (Lipinski definition) is 4. The second-order valence-electron chi connectivity index (χ2n) is 11.2. The fourth-order valence-electron chi connectivity index (χ4n) is 6.39. The summed E-state index contributed by atoms with van der Waals surface area (Å²) in [5.41, 5.74) is 7.82. The first-order valence-electron chi connectivity index (χ1n) is 14.7. The number of halogens is 1. The van der Waals surface area contributed by atoms with Crippen molar-refractivity contribution in [1.29, 1.82) is 0 Å². The highest BCUT2D eigenvalue weighted by molar-refractivity contribution is 9.10. The first kappa shape index (κ1) is 27.1. The maximum atomic E-state index is 14.1. The second-order valence-corrected chi connectivity index (χ2v) is 13.1. The lowest BCUT2D eigenvalue weighted by Crippen LogP contribution is -2.38. The smallest absolute Gasteiger partial charge is 0.271 e. The molecule has 0 N–H and O–H groups in total. The number of rotatable bonds is 5. The molecule has 1 atom stereocenters. The summed E-state index contributed by atoms with van der Waals surface area (Å²) in [6.07, 6.45) is 3.77. The van der Waals surface area contributed by atoms with Crippen molar-refractivity contribution in [3.8, 4) is 5.75 Å². The Labute approximate surface area is 267 Å². The Morgan fingerprint density at radius 3 is 2.59 bits per heavy atom. The molecule has 1 aliphatic heterocycles. The number of nitrogens with zero attached hydrogens (tertiary/aromatic N) is 2. The summed E-state index contributed by atoms with van der Waals surface area (Å²) >= 11 is 5.03. The van der Waals surface area contributed by atoms with Gasteiger partial charge in [0.1, 0.15) is 12.4 Å². The van der Waals surface area contributed by atoms with Crippen molar-refractivity contribution in [1.82, 2.24) is 4.57 Å². The quantitative estimate of drug-likeness (QED) is 0.190. The summed E-state index contributed by atoms with van der Waals surface area (Å²) in [5, 5.41) is 2.39. The van der Waals surface area contributed by atoms with Crippen LogP contribution in [0.15, 0.2) is 135 Å². The van der Waals surface area contributed by atoms with Crippen LogP contribution >= 0.6 is 27.3 Å². The molecule has 2 heterocycles. The minimum Gasteiger partial charge on any atom is -0.489 e. The topological polar surface area (TPSA) is 43.6 Å². The molecule has 0 fully saturated rings. The maximum absolute atomic E-state index is 14.1. The number of aromatic nitrogens is 1. The van der Waals surface area contributed by atoms with E-state index in [1.54, 1.807) is 0 Å². The lowest BCUT2D eigenvalue weighted by atomic mass is 9.83. The van der Waals surface area contributed by atoms with E-state index in [4.69, 9.17) is 9.73 Å². The summed E-state index contributed by atoms with van der Waals surface area (Å²) in [6.45, 7) is 0.465. The van der Waals surface area contributed by atoms with Gasteiger partial charge in [-0.25, -0.2) is 4.99 Å². The third kappa shape index (κ3) is 4.84. The van der Waals surface area contributed by atoms with Gasteiger partial charge in [0, 0.05) is 10.0 Å². The van der Waals surface area contributed by atoms with Crippen LogP contribution in [-0.2, 0) is 13.0 Å². The van der Waals surface area contributed by atoms with Crippen molar-refractivity contribution in [2.24, 2.45) is 4.99 Å². The second kappa shape index (κ2) is 11.2. The van der Waals surface area contributed by atoms with Crippen molar-refractivity contribution in [3.63, 3.8) is 0 Å². The Morgan fingerprint density at radius 2 is 1.68 bits per heavy atom. The van der Waals surface area contributed by atoms with Crippen molar-refractivity contribution in [2.75, 3.05) is 0 Å². The Balaban J connectivity index is 1.19. The third-order valence-corrected chi connectivity index (χ3v) is 10.0. The zero-order chi connectivity index (χ0) is 29.6. The number of aryl methyl sites for hydroxylation is 1. The van der Waals surface area contributed by atoms with Crippen LogP contribution in [-0.4, -0.2) is 4.57 Å². The van der Waals surface area contributed by atoms with Crippen LogP contribution < -0.4 is 19.6 Å². The standard InChI is InChI=1S/C38H27BrN2O2S/c39-29-18-15-27(16-19-29)36-33-20-17-26-9-2-4-14-32(26)35(33)40-38-41(36)37(42)34(44-38)22-24-7-5-12-30(21-24)43-23-28-11-6-10-25-8-1-3-13-31(25)28/h1-16,18-19,21-22,36H,17,20,23H2/b34-22-/t36-/m0/s1. The zero-order valence-corrected chi connectivity index (χ0v) is 26.1. The highest BCUT2D eigenvalue weighted by atomic mass is 79.9. The maximum Gasteiger partial charge on any atom is 0.271 e. The minimum absolute atomic E-state index is 0.0193. The zero-order valence-electron chi connectivity index (χ0n) is 23.7. The summed E-state index contributed by atoms with van der Waals surface area (Å²) < 4.78 is 9.81. The van der Waals surface area contributed by atoms with Gasteiger partial charge in [0.05, 0.1) is 16.3 Å². The molecule has 0 bridgehead atoms. The third-order valence-electron chi connectivity index (χ3n) is 8.49. The van der Waals surface area contributed by atoms with Gasteiger partial charge in [0.2, 0.25) is 0 Å². The lowest BCUT2D eigenvalue weighted by Gasteiger charge is -2.30. The van der Waals surface area contributed by atoms with Gasteiger partial charge in [-0.1, -0.05) is 118 Å². The van der Waals surface area contributed by atoms with Gasteiger partial charge >= 0.3 is 0 Å². The van der Waals surface area contributed by atoms with Crippen LogP contribution in [0.3, 0.4) is 0 Å². The highest BCUT2D eigenvalue weighted by Crippen LogP contribution is 2.41. The normalized spacial score (nSPS) is 15.8. The van der Waals surface area contributed by atoms with Gasteiger partial charge in [-0.15, -0.1) is 0 Å². The molecule has 4 nitrogen and oxygen atoms in total. The number of fused-ring (bicyclic) bond motifs is 4. The molecule has 8 rings (SSSR count). The van der Waals surface area contributed by atoms with E-state index in [1.807, 2.05) is 47.0 Å². The van der Waals surface area contributed by atoms with Crippen molar-refractivity contribution >= 4 is 49.8 Å². The number of ether oxygens (including phenoxy) is 1. The van der Waals surface area contributed by atoms with E-state index in [0.717, 1.165) is 50.3 Å². The monoisotopic (exact) mass is 654 g/mol. The Morgan fingerprint density at radius 1 is 0.886 bits per heavy atom. The van der Waals surface area contributed by atoms with Crippen LogP contribution in [0.4, 0.5) is 0 Å². The molecule has 1 aromatic heterocycles.